The highest BCUT2D eigenvalue weighted by Crippen LogP contribution is 2.16. The molecule has 0 aromatic heterocycles. The minimum atomic E-state index is -1.14. The molecule has 3 rings (SSSR count). The third-order valence-corrected chi connectivity index (χ3v) is 7.04. The fourth-order valence-corrected chi connectivity index (χ4v) is 5.00. The molecule has 2 atom stereocenters. The number of nitrogens with one attached hydrogen (secondary N) is 2. The van der Waals surface area contributed by atoms with Crippen molar-refractivity contribution >= 4 is 17.6 Å². The van der Waals surface area contributed by atoms with E-state index in [0.717, 1.165) is 42.2 Å². The maximum Gasteiger partial charge on any atom is 0.253 e. The lowest BCUT2D eigenvalue weighted by atomic mass is 9.99. The minimum absolute atomic E-state index is 0.0402. The summed E-state index contributed by atoms with van der Waals surface area (Å²) in [6.45, 7) is 8.89. The smallest absolute Gasteiger partial charge is 0.253 e. The third-order valence-electron chi connectivity index (χ3n) is 7.04. The summed E-state index contributed by atoms with van der Waals surface area (Å²) in [5.41, 5.74) is 3.04. The SMILES string of the molecule is CCCN(CCC)C(=O)c1cc(C)cc(C(=O)NC(Cc2cc(F)cc(F)c2)C(O)CNCc2cccc(C(C)=O)c2)c1. The van der Waals surface area contributed by atoms with Crippen LogP contribution in [-0.4, -0.2) is 59.4 Å². The summed E-state index contributed by atoms with van der Waals surface area (Å²) in [7, 11) is 0. The Kier molecular flexibility index (Phi) is 12.5. The number of halogens is 2. The van der Waals surface area contributed by atoms with E-state index in [-0.39, 0.29) is 35.8 Å². The number of aliphatic hydroxyl groups excluding tert-OH is 1. The van der Waals surface area contributed by atoms with Gasteiger partial charge in [-0.2, -0.15) is 0 Å². The van der Waals surface area contributed by atoms with Crippen LogP contribution in [0.1, 0.15) is 81.4 Å². The molecule has 0 saturated carbocycles. The molecule has 3 aromatic carbocycles. The first kappa shape index (κ1) is 33.6. The second kappa shape index (κ2) is 16.0. The number of carbonyl (C=O) groups is 3. The number of Topliss-reactive ketones (excluding diaryl/α,β-unsaturated/α-hetero) is 1. The molecule has 2 amide bonds. The van der Waals surface area contributed by atoms with Gasteiger partial charge in [0, 0.05) is 48.9 Å². The van der Waals surface area contributed by atoms with E-state index in [1.807, 2.05) is 19.9 Å². The summed E-state index contributed by atoms with van der Waals surface area (Å²) in [5, 5.41) is 17.1. The molecule has 9 heteroatoms. The number of ketones is 1. The molecule has 7 nitrogen and oxygen atoms in total. The van der Waals surface area contributed by atoms with E-state index in [1.54, 1.807) is 42.2 Å². The van der Waals surface area contributed by atoms with Gasteiger partial charge in [-0.15, -0.1) is 0 Å². The van der Waals surface area contributed by atoms with Crippen LogP contribution in [0.25, 0.3) is 0 Å². The molecular formula is C34H41F2N3O4. The van der Waals surface area contributed by atoms with Gasteiger partial charge in [-0.25, -0.2) is 8.78 Å². The van der Waals surface area contributed by atoms with Crippen LogP contribution in [0.15, 0.2) is 60.7 Å². The van der Waals surface area contributed by atoms with Crippen LogP contribution in [0.2, 0.25) is 0 Å². The molecule has 2 unspecified atom stereocenters. The number of hydrogen-bond donors (Lipinski definition) is 3. The van der Waals surface area contributed by atoms with Gasteiger partial charge in [0.05, 0.1) is 12.1 Å². The summed E-state index contributed by atoms with van der Waals surface area (Å²) in [6.07, 6.45) is 0.436. The zero-order valence-electron chi connectivity index (χ0n) is 25.3. The van der Waals surface area contributed by atoms with E-state index in [2.05, 4.69) is 10.6 Å². The van der Waals surface area contributed by atoms with E-state index >= 15 is 0 Å². The van der Waals surface area contributed by atoms with Crippen LogP contribution < -0.4 is 10.6 Å². The average Bonchev–Trinajstić information content (AvgIpc) is 2.95. The Labute approximate surface area is 252 Å². The molecule has 43 heavy (non-hydrogen) atoms. The van der Waals surface area contributed by atoms with Gasteiger partial charge in [0.25, 0.3) is 11.8 Å². The molecule has 0 saturated heterocycles. The zero-order valence-corrected chi connectivity index (χ0v) is 25.3. The number of nitrogens with zero attached hydrogens (tertiary/aromatic N) is 1. The van der Waals surface area contributed by atoms with Crippen LogP contribution in [0.5, 0.6) is 0 Å². The maximum absolute atomic E-state index is 14.0. The lowest BCUT2D eigenvalue weighted by Gasteiger charge is -2.25. The average molecular weight is 594 g/mol. The standard InChI is InChI=1S/C34H41F2N3O4/c1-5-10-39(11-6-2)34(43)28-13-22(3)12-27(18-28)33(42)38-31(17-25-15-29(35)19-30(36)16-25)32(41)21-37-20-24-8-7-9-26(14-24)23(4)40/h7-9,12-16,18-19,31-32,37,41H,5-6,10-11,17,20-21H2,1-4H3,(H,38,42). The van der Waals surface area contributed by atoms with Gasteiger partial charge in [-0.3, -0.25) is 14.4 Å². The molecule has 0 radical (unpaired) electrons. The monoisotopic (exact) mass is 593 g/mol. The molecule has 230 valence electrons. The number of carbonyl (C=O) groups excluding carboxylic acids is 3. The Hall–Kier alpha value is -3.95. The highest BCUT2D eigenvalue weighted by atomic mass is 19.1. The van der Waals surface area contributed by atoms with Gasteiger partial charge >= 0.3 is 0 Å². The molecule has 3 aromatic rings. The first-order chi connectivity index (χ1) is 20.5. The lowest BCUT2D eigenvalue weighted by Crippen LogP contribution is -2.48. The number of benzene rings is 3. The quantitative estimate of drug-likeness (QED) is 0.210. The number of hydrogen-bond acceptors (Lipinski definition) is 5. The molecule has 0 aliphatic carbocycles. The summed E-state index contributed by atoms with van der Waals surface area (Å²) < 4.78 is 27.9. The maximum atomic E-state index is 14.0. The second-order valence-corrected chi connectivity index (χ2v) is 10.9. The highest BCUT2D eigenvalue weighted by Gasteiger charge is 2.24. The van der Waals surface area contributed by atoms with Crippen molar-refractivity contribution in [2.75, 3.05) is 19.6 Å². The highest BCUT2D eigenvalue weighted by molar-refractivity contribution is 6.00. The topological polar surface area (TPSA) is 98.7 Å². The Morgan fingerprint density at radius 2 is 1.51 bits per heavy atom. The molecule has 0 heterocycles. The van der Waals surface area contributed by atoms with Crippen molar-refractivity contribution in [1.29, 1.82) is 0 Å². The zero-order chi connectivity index (χ0) is 31.5. The summed E-state index contributed by atoms with van der Waals surface area (Å²) in [4.78, 5) is 40.2. The summed E-state index contributed by atoms with van der Waals surface area (Å²) in [5.74, 6) is -2.26. The number of aryl methyl sites for hydroxylation is 1. The van der Waals surface area contributed by atoms with Gasteiger partial charge in [0.15, 0.2) is 5.78 Å². The van der Waals surface area contributed by atoms with Crippen molar-refractivity contribution in [2.45, 2.75) is 65.6 Å². The first-order valence-electron chi connectivity index (χ1n) is 14.7. The fraction of sp³-hybridized carbons (Fsp3) is 0.382. The normalized spacial score (nSPS) is 12.4. The van der Waals surface area contributed by atoms with Gasteiger partial charge < -0.3 is 20.6 Å². The summed E-state index contributed by atoms with van der Waals surface area (Å²) >= 11 is 0. The largest absolute Gasteiger partial charge is 0.390 e. The van der Waals surface area contributed by atoms with Crippen molar-refractivity contribution in [3.63, 3.8) is 0 Å². The molecule has 0 aliphatic rings. The van der Waals surface area contributed by atoms with Gasteiger partial charge in [-0.1, -0.05) is 32.0 Å². The van der Waals surface area contributed by atoms with E-state index in [0.29, 0.717) is 30.8 Å². The number of rotatable bonds is 15. The van der Waals surface area contributed by atoms with Gasteiger partial charge in [-0.05, 0) is 86.2 Å². The van der Waals surface area contributed by atoms with Gasteiger partial charge in [0.2, 0.25) is 0 Å². The molecule has 0 spiro atoms. The fourth-order valence-electron chi connectivity index (χ4n) is 5.00. The molecule has 0 aliphatic heterocycles. The molecule has 0 fully saturated rings. The van der Waals surface area contributed by atoms with Crippen LogP contribution in [-0.2, 0) is 13.0 Å². The van der Waals surface area contributed by atoms with E-state index in [4.69, 9.17) is 0 Å². The predicted octanol–water partition coefficient (Wildman–Crippen LogP) is 5.23. The minimum Gasteiger partial charge on any atom is -0.390 e. The molecular weight excluding hydrogens is 552 g/mol. The van der Waals surface area contributed by atoms with Crippen molar-refractivity contribution < 1.29 is 28.3 Å². The Bertz CT molecular complexity index is 1400. The van der Waals surface area contributed by atoms with E-state index in [1.165, 1.54) is 13.0 Å². The van der Waals surface area contributed by atoms with Gasteiger partial charge in [0.1, 0.15) is 11.6 Å². The number of aliphatic hydroxyl groups is 1. The van der Waals surface area contributed by atoms with E-state index < -0.39 is 29.7 Å². The van der Waals surface area contributed by atoms with Crippen LogP contribution in [0.4, 0.5) is 8.78 Å². The second-order valence-electron chi connectivity index (χ2n) is 10.9. The lowest BCUT2D eigenvalue weighted by molar-refractivity contribution is 0.0755. The summed E-state index contributed by atoms with van der Waals surface area (Å²) in [6, 6.07) is 14.2. The Balaban J connectivity index is 1.81. The van der Waals surface area contributed by atoms with Crippen molar-refractivity contribution in [2.24, 2.45) is 0 Å². The molecule has 0 bridgehead atoms. The predicted molar refractivity (Wildman–Crippen MR) is 163 cm³/mol. The van der Waals surface area contributed by atoms with E-state index in [9.17, 15) is 28.3 Å². The van der Waals surface area contributed by atoms with Crippen molar-refractivity contribution in [1.82, 2.24) is 15.5 Å². The number of amides is 2. The molecule has 3 N–H and O–H groups in total. The van der Waals surface area contributed by atoms with Crippen LogP contribution >= 0.6 is 0 Å². The Morgan fingerprint density at radius 3 is 2.14 bits per heavy atom. The van der Waals surface area contributed by atoms with Crippen LogP contribution in [0.3, 0.4) is 0 Å². The van der Waals surface area contributed by atoms with Crippen LogP contribution in [0, 0.1) is 18.6 Å². The van der Waals surface area contributed by atoms with Crippen molar-refractivity contribution in [3.8, 4) is 0 Å². The first-order valence-corrected chi connectivity index (χ1v) is 14.7. The van der Waals surface area contributed by atoms with Crippen molar-refractivity contribution in [3.05, 3.63) is 106 Å². The Morgan fingerprint density at radius 1 is 0.860 bits per heavy atom. The third kappa shape index (κ3) is 10.1.